The van der Waals surface area contributed by atoms with E-state index in [1.54, 1.807) is 18.2 Å². The molecule has 0 bridgehead atoms. The monoisotopic (exact) mass is 226 g/mol. The number of halogens is 1. The Kier molecular flexibility index (Phi) is 2.52. The van der Waals surface area contributed by atoms with Crippen molar-refractivity contribution >= 4 is 29.1 Å². The average molecular weight is 227 g/mol. The molecule has 1 aromatic carbocycles. The van der Waals surface area contributed by atoms with Crippen LogP contribution in [0.15, 0.2) is 34.9 Å². The molecule has 0 spiro atoms. The SMILES string of the molecule is O=C1/C(=C\O)CSc2c(Cl)cccc21. The van der Waals surface area contributed by atoms with Gasteiger partial charge in [-0.1, -0.05) is 17.7 Å². The summed E-state index contributed by atoms with van der Waals surface area (Å²) in [7, 11) is 0. The predicted molar refractivity (Wildman–Crippen MR) is 57.2 cm³/mol. The summed E-state index contributed by atoms with van der Waals surface area (Å²) >= 11 is 7.41. The molecular formula is C10H7ClO2S. The Morgan fingerprint density at radius 2 is 2.29 bits per heavy atom. The third kappa shape index (κ3) is 1.42. The Morgan fingerprint density at radius 1 is 1.50 bits per heavy atom. The number of carbonyl (C=O) groups is 1. The first-order chi connectivity index (χ1) is 6.74. The maximum absolute atomic E-state index is 11.7. The van der Waals surface area contributed by atoms with Crippen molar-refractivity contribution in [3.8, 4) is 0 Å². The molecule has 0 atom stereocenters. The quantitative estimate of drug-likeness (QED) is 0.546. The van der Waals surface area contributed by atoms with E-state index in [0.717, 1.165) is 11.2 Å². The van der Waals surface area contributed by atoms with Gasteiger partial charge in [0.25, 0.3) is 0 Å². The maximum Gasteiger partial charge on any atom is 0.194 e. The number of rotatable bonds is 0. The van der Waals surface area contributed by atoms with Gasteiger partial charge in [-0.3, -0.25) is 4.79 Å². The van der Waals surface area contributed by atoms with Crippen LogP contribution in [0.25, 0.3) is 0 Å². The van der Waals surface area contributed by atoms with Crippen molar-refractivity contribution in [3.05, 3.63) is 40.6 Å². The summed E-state index contributed by atoms with van der Waals surface area (Å²) in [5.41, 5.74) is 0.999. The first kappa shape index (κ1) is 9.62. The summed E-state index contributed by atoms with van der Waals surface area (Å²) in [4.78, 5) is 12.5. The van der Waals surface area contributed by atoms with Crippen LogP contribution in [-0.2, 0) is 0 Å². The molecule has 0 aliphatic carbocycles. The van der Waals surface area contributed by atoms with Crippen LogP contribution in [0.3, 0.4) is 0 Å². The topological polar surface area (TPSA) is 37.3 Å². The minimum Gasteiger partial charge on any atom is -0.515 e. The highest BCUT2D eigenvalue weighted by molar-refractivity contribution is 7.99. The zero-order valence-electron chi connectivity index (χ0n) is 7.16. The van der Waals surface area contributed by atoms with Crippen LogP contribution in [0, 0.1) is 0 Å². The van der Waals surface area contributed by atoms with E-state index in [2.05, 4.69) is 0 Å². The Balaban J connectivity index is 2.57. The van der Waals surface area contributed by atoms with Crippen molar-refractivity contribution in [2.45, 2.75) is 4.90 Å². The van der Waals surface area contributed by atoms with Crippen LogP contribution >= 0.6 is 23.4 Å². The summed E-state index contributed by atoms with van der Waals surface area (Å²) in [6.45, 7) is 0. The second-order valence-corrected chi connectivity index (χ2v) is 4.28. The maximum atomic E-state index is 11.7. The fourth-order valence-corrected chi connectivity index (χ4v) is 2.68. The van der Waals surface area contributed by atoms with Gasteiger partial charge in [0.2, 0.25) is 0 Å². The van der Waals surface area contributed by atoms with Crippen LogP contribution in [0.2, 0.25) is 5.02 Å². The third-order valence-electron chi connectivity index (χ3n) is 2.03. The number of benzene rings is 1. The van der Waals surface area contributed by atoms with Gasteiger partial charge in [-0.2, -0.15) is 0 Å². The third-order valence-corrected chi connectivity index (χ3v) is 3.64. The van der Waals surface area contributed by atoms with Crippen molar-refractivity contribution in [3.63, 3.8) is 0 Å². The number of aliphatic hydroxyl groups excluding tert-OH is 1. The summed E-state index contributed by atoms with van der Waals surface area (Å²) in [6, 6.07) is 5.22. The lowest BCUT2D eigenvalue weighted by molar-refractivity contribution is 0.102. The number of hydrogen-bond donors (Lipinski definition) is 1. The molecule has 1 heterocycles. The Morgan fingerprint density at radius 3 is 3.00 bits per heavy atom. The summed E-state index contributed by atoms with van der Waals surface area (Å²) < 4.78 is 0. The lowest BCUT2D eigenvalue weighted by atomic mass is 10.1. The van der Waals surface area contributed by atoms with E-state index in [-0.39, 0.29) is 5.78 Å². The highest BCUT2D eigenvalue weighted by atomic mass is 35.5. The van der Waals surface area contributed by atoms with Crippen molar-refractivity contribution in [2.75, 3.05) is 5.75 Å². The van der Waals surface area contributed by atoms with Crippen LogP contribution in [0.5, 0.6) is 0 Å². The molecular weight excluding hydrogens is 220 g/mol. The molecule has 14 heavy (non-hydrogen) atoms. The van der Waals surface area contributed by atoms with Crippen LogP contribution < -0.4 is 0 Å². The minimum absolute atomic E-state index is 0.135. The molecule has 1 aliphatic rings. The molecule has 2 rings (SSSR count). The van der Waals surface area contributed by atoms with Gasteiger partial charge in [0, 0.05) is 21.8 Å². The zero-order chi connectivity index (χ0) is 10.1. The first-order valence-corrected chi connectivity index (χ1v) is 5.39. The zero-order valence-corrected chi connectivity index (χ0v) is 8.73. The Bertz CT molecular complexity index is 426. The number of aliphatic hydroxyl groups is 1. The Labute approximate surface area is 90.6 Å². The largest absolute Gasteiger partial charge is 0.515 e. The summed E-state index contributed by atoms with van der Waals surface area (Å²) in [5.74, 6) is 0.343. The van der Waals surface area contributed by atoms with Crippen LogP contribution in [0.4, 0.5) is 0 Å². The van der Waals surface area contributed by atoms with Gasteiger partial charge in [-0.05, 0) is 12.1 Å². The molecule has 72 valence electrons. The fourth-order valence-electron chi connectivity index (χ4n) is 1.32. The molecule has 1 N–H and O–H groups in total. The van der Waals surface area contributed by atoms with Gasteiger partial charge in [0.05, 0.1) is 11.3 Å². The summed E-state index contributed by atoms with van der Waals surface area (Å²) in [5, 5.41) is 9.42. The van der Waals surface area contributed by atoms with E-state index < -0.39 is 0 Å². The fraction of sp³-hybridized carbons (Fsp3) is 0.100. The molecule has 1 aromatic rings. The standard InChI is InChI=1S/C10H7ClO2S/c11-8-3-1-2-7-9(13)6(4-12)5-14-10(7)8/h1-4,12H,5H2/b6-4-. The number of ketones is 1. The van der Waals surface area contributed by atoms with Crippen molar-refractivity contribution in [1.82, 2.24) is 0 Å². The molecule has 0 saturated heterocycles. The molecule has 1 aliphatic heterocycles. The van der Waals surface area contributed by atoms with E-state index >= 15 is 0 Å². The molecule has 0 radical (unpaired) electrons. The van der Waals surface area contributed by atoms with Gasteiger partial charge < -0.3 is 5.11 Å². The van der Waals surface area contributed by atoms with Gasteiger partial charge >= 0.3 is 0 Å². The second-order valence-electron chi connectivity index (χ2n) is 2.89. The molecule has 0 unspecified atom stereocenters. The number of carbonyl (C=O) groups excluding carboxylic acids is 1. The van der Waals surface area contributed by atoms with Gasteiger partial charge in [0.15, 0.2) is 5.78 Å². The highest BCUT2D eigenvalue weighted by Gasteiger charge is 2.23. The van der Waals surface area contributed by atoms with Crippen molar-refractivity contribution in [1.29, 1.82) is 0 Å². The molecule has 0 aromatic heterocycles. The molecule has 2 nitrogen and oxygen atoms in total. The number of fused-ring (bicyclic) bond motifs is 1. The van der Waals surface area contributed by atoms with Crippen LogP contribution in [-0.4, -0.2) is 16.6 Å². The summed E-state index contributed by atoms with van der Waals surface area (Å²) in [6.07, 6.45) is 0.874. The van der Waals surface area contributed by atoms with E-state index in [9.17, 15) is 4.79 Å². The minimum atomic E-state index is -0.135. The normalized spacial score (nSPS) is 18.4. The molecule has 0 saturated carbocycles. The van der Waals surface area contributed by atoms with E-state index in [0.29, 0.717) is 21.9 Å². The first-order valence-electron chi connectivity index (χ1n) is 4.03. The number of Topliss-reactive ketones (excluding diaryl/α,β-unsaturated/α-hetero) is 1. The van der Waals surface area contributed by atoms with Crippen molar-refractivity contribution < 1.29 is 9.90 Å². The average Bonchev–Trinajstić information content (AvgIpc) is 2.20. The predicted octanol–water partition coefficient (Wildman–Crippen LogP) is 3.07. The van der Waals surface area contributed by atoms with Crippen LogP contribution in [0.1, 0.15) is 10.4 Å². The van der Waals surface area contributed by atoms with Gasteiger partial charge in [-0.15, -0.1) is 11.8 Å². The van der Waals surface area contributed by atoms with Crippen molar-refractivity contribution in [2.24, 2.45) is 0 Å². The molecule has 0 fully saturated rings. The second kappa shape index (κ2) is 3.67. The number of thioether (sulfide) groups is 1. The van der Waals surface area contributed by atoms with E-state index in [1.165, 1.54) is 11.8 Å². The molecule has 0 amide bonds. The lowest BCUT2D eigenvalue weighted by Gasteiger charge is -2.16. The number of hydrogen-bond acceptors (Lipinski definition) is 3. The molecule has 4 heteroatoms. The van der Waals surface area contributed by atoms with E-state index in [1.807, 2.05) is 0 Å². The van der Waals surface area contributed by atoms with Gasteiger partial charge in [-0.25, -0.2) is 0 Å². The van der Waals surface area contributed by atoms with E-state index in [4.69, 9.17) is 16.7 Å². The highest BCUT2D eigenvalue weighted by Crippen LogP contribution is 2.37. The van der Waals surface area contributed by atoms with Gasteiger partial charge in [0.1, 0.15) is 0 Å². The smallest absolute Gasteiger partial charge is 0.194 e. The lowest BCUT2D eigenvalue weighted by Crippen LogP contribution is -2.12. The Hall–Kier alpha value is -0.930.